The smallest absolute Gasteiger partial charge is 0.309 e. The number of carbonyl (C=O) groups excluding carboxylic acids is 1. The molecule has 1 aliphatic heterocycles. The highest BCUT2D eigenvalue weighted by Gasteiger charge is 2.31. The molecule has 2 heterocycles. The van der Waals surface area contributed by atoms with Crippen LogP contribution in [0.2, 0.25) is 0 Å². The van der Waals surface area contributed by atoms with Crippen molar-refractivity contribution < 1.29 is 9.53 Å². The second-order valence-corrected chi connectivity index (χ2v) is 5.94. The molecule has 2 rings (SSSR count). The van der Waals surface area contributed by atoms with E-state index < -0.39 is 0 Å². The summed E-state index contributed by atoms with van der Waals surface area (Å²) in [6, 6.07) is 0. The Balaban J connectivity index is 0.00000180. The van der Waals surface area contributed by atoms with Gasteiger partial charge >= 0.3 is 5.97 Å². The van der Waals surface area contributed by atoms with Gasteiger partial charge in [0.1, 0.15) is 0 Å². The molecule has 108 valence electrons. The lowest BCUT2D eigenvalue weighted by Gasteiger charge is -2.35. The van der Waals surface area contributed by atoms with Crippen molar-refractivity contribution in [3.63, 3.8) is 0 Å². The van der Waals surface area contributed by atoms with Crippen LogP contribution in [0.1, 0.15) is 18.2 Å². The summed E-state index contributed by atoms with van der Waals surface area (Å²) < 4.78 is 4.84. The number of halogens is 1. The summed E-state index contributed by atoms with van der Waals surface area (Å²) in [5.74, 6) is 0.290. The predicted molar refractivity (Wildman–Crippen MR) is 78.3 cm³/mol. The van der Waals surface area contributed by atoms with Gasteiger partial charge in [0.05, 0.1) is 13.0 Å². The number of nitrogens with two attached hydrogens (primary N) is 1. The molecule has 2 unspecified atom stereocenters. The molecule has 0 radical (unpaired) electrons. The molecule has 2 N–H and O–H groups in total. The van der Waals surface area contributed by atoms with Crippen LogP contribution in [0, 0.1) is 11.8 Å². The van der Waals surface area contributed by atoms with E-state index in [1.54, 1.807) is 0 Å². The molecule has 7 heteroatoms. The number of hydrogen-bond acceptors (Lipinski definition) is 6. The van der Waals surface area contributed by atoms with Crippen molar-refractivity contribution in [3.8, 4) is 0 Å². The van der Waals surface area contributed by atoms with Gasteiger partial charge < -0.3 is 10.5 Å². The molecule has 5 nitrogen and oxygen atoms in total. The molecule has 1 saturated heterocycles. The molecule has 0 aliphatic carbocycles. The van der Waals surface area contributed by atoms with Crippen LogP contribution in [0.5, 0.6) is 0 Å². The molecule has 19 heavy (non-hydrogen) atoms. The van der Waals surface area contributed by atoms with Crippen LogP contribution in [0.15, 0.2) is 6.20 Å². The molecule has 0 aromatic carbocycles. The van der Waals surface area contributed by atoms with Gasteiger partial charge in [0.15, 0.2) is 5.13 Å². The summed E-state index contributed by atoms with van der Waals surface area (Å²) in [7, 11) is 1.46. The Kier molecular flexibility index (Phi) is 6.03. The number of nitrogen functional groups attached to an aromatic ring is 1. The second kappa shape index (κ2) is 7.07. The first-order valence-corrected chi connectivity index (χ1v) is 6.92. The lowest BCUT2D eigenvalue weighted by Crippen LogP contribution is -2.41. The van der Waals surface area contributed by atoms with Gasteiger partial charge in [-0.15, -0.1) is 23.7 Å². The Morgan fingerprint density at radius 2 is 2.42 bits per heavy atom. The van der Waals surface area contributed by atoms with E-state index in [-0.39, 0.29) is 24.3 Å². The van der Waals surface area contributed by atoms with E-state index in [2.05, 4.69) is 16.8 Å². The molecule has 0 bridgehead atoms. The number of likely N-dealkylation sites (tertiary alicyclic amines) is 1. The molecule has 2 atom stereocenters. The van der Waals surface area contributed by atoms with E-state index in [1.165, 1.54) is 23.3 Å². The Labute approximate surface area is 123 Å². The zero-order chi connectivity index (χ0) is 13.1. The minimum Gasteiger partial charge on any atom is -0.469 e. The number of thiazole rings is 1. The fraction of sp³-hybridized carbons (Fsp3) is 0.667. The van der Waals surface area contributed by atoms with E-state index in [1.807, 2.05) is 6.20 Å². The maximum absolute atomic E-state index is 11.6. The number of methoxy groups -OCH3 is 1. The second-order valence-electron chi connectivity index (χ2n) is 4.80. The van der Waals surface area contributed by atoms with Crippen LogP contribution in [-0.4, -0.2) is 36.1 Å². The summed E-state index contributed by atoms with van der Waals surface area (Å²) in [6.45, 7) is 4.81. The lowest BCUT2D eigenvalue weighted by atomic mass is 9.87. The highest BCUT2D eigenvalue weighted by Crippen LogP contribution is 2.26. The van der Waals surface area contributed by atoms with Crippen LogP contribution in [0.3, 0.4) is 0 Å². The number of anilines is 1. The summed E-state index contributed by atoms with van der Waals surface area (Å²) in [4.78, 5) is 19.2. The van der Waals surface area contributed by atoms with Gasteiger partial charge in [-0.05, 0) is 18.9 Å². The minimum absolute atomic E-state index is 0. The number of rotatable bonds is 3. The summed E-state index contributed by atoms with van der Waals surface area (Å²) >= 11 is 1.53. The Morgan fingerprint density at radius 1 is 1.68 bits per heavy atom. The first-order chi connectivity index (χ1) is 8.60. The van der Waals surface area contributed by atoms with Crippen molar-refractivity contribution in [3.05, 3.63) is 11.1 Å². The van der Waals surface area contributed by atoms with Gasteiger partial charge in [-0.25, -0.2) is 4.98 Å². The molecule has 0 spiro atoms. The molecule has 1 aromatic heterocycles. The SMILES string of the molecule is COC(=O)C1CCN(Cc2cnc(N)s2)CC1C.Cl. The van der Waals surface area contributed by atoms with Gasteiger partial charge in [-0.3, -0.25) is 9.69 Å². The van der Waals surface area contributed by atoms with E-state index in [9.17, 15) is 4.79 Å². The van der Waals surface area contributed by atoms with Crippen molar-refractivity contribution in [1.29, 1.82) is 0 Å². The first-order valence-electron chi connectivity index (χ1n) is 6.10. The van der Waals surface area contributed by atoms with Gasteiger partial charge in [0, 0.05) is 24.2 Å². The maximum atomic E-state index is 11.6. The molecule has 1 aromatic rings. The van der Waals surface area contributed by atoms with Gasteiger partial charge in [0.2, 0.25) is 0 Å². The lowest BCUT2D eigenvalue weighted by molar-refractivity contribution is -0.149. The Bertz CT molecular complexity index is 427. The molecule has 1 aliphatic rings. The number of piperidine rings is 1. The number of ether oxygens (including phenoxy) is 1. The topological polar surface area (TPSA) is 68.5 Å². The predicted octanol–water partition coefficient (Wildman–Crippen LogP) is 1.78. The fourth-order valence-corrected chi connectivity index (χ4v) is 3.22. The third-order valence-electron chi connectivity index (χ3n) is 3.44. The zero-order valence-electron chi connectivity index (χ0n) is 11.2. The van der Waals surface area contributed by atoms with Crippen LogP contribution >= 0.6 is 23.7 Å². The number of aromatic nitrogens is 1. The zero-order valence-corrected chi connectivity index (χ0v) is 12.8. The minimum atomic E-state index is -0.0795. The number of hydrogen-bond donors (Lipinski definition) is 1. The number of carbonyl (C=O) groups is 1. The summed E-state index contributed by atoms with van der Waals surface area (Å²) in [6.07, 6.45) is 2.69. The van der Waals surface area contributed by atoms with E-state index in [4.69, 9.17) is 10.5 Å². The van der Waals surface area contributed by atoms with E-state index in [0.717, 1.165) is 26.1 Å². The first kappa shape index (κ1) is 16.2. The quantitative estimate of drug-likeness (QED) is 0.862. The molecular weight excluding hydrogens is 286 g/mol. The van der Waals surface area contributed by atoms with Crippen molar-refractivity contribution in [2.24, 2.45) is 11.8 Å². The molecule has 1 fully saturated rings. The van der Waals surface area contributed by atoms with Crippen molar-refractivity contribution in [2.75, 3.05) is 25.9 Å². The maximum Gasteiger partial charge on any atom is 0.309 e. The normalized spacial score (nSPS) is 23.7. The Morgan fingerprint density at radius 3 is 2.95 bits per heavy atom. The highest BCUT2D eigenvalue weighted by molar-refractivity contribution is 7.15. The van der Waals surface area contributed by atoms with Gasteiger partial charge in [0.25, 0.3) is 0 Å². The third-order valence-corrected chi connectivity index (χ3v) is 4.26. The average molecular weight is 306 g/mol. The highest BCUT2D eigenvalue weighted by atomic mass is 35.5. The van der Waals surface area contributed by atoms with E-state index in [0.29, 0.717) is 11.0 Å². The van der Waals surface area contributed by atoms with Gasteiger partial charge in [-0.1, -0.05) is 6.92 Å². The van der Waals surface area contributed by atoms with Crippen molar-refractivity contribution in [1.82, 2.24) is 9.88 Å². The third kappa shape index (κ3) is 4.06. The largest absolute Gasteiger partial charge is 0.469 e. The standard InChI is InChI=1S/C12H19N3O2S.ClH/c1-8-6-15(4-3-10(8)11(16)17-2)7-9-5-14-12(13)18-9;/h5,8,10H,3-4,6-7H2,1-2H3,(H2,13,14);1H. The monoisotopic (exact) mass is 305 g/mol. The van der Waals surface area contributed by atoms with Crippen molar-refractivity contribution in [2.45, 2.75) is 19.9 Å². The van der Waals surface area contributed by atoms with Crippen LogP contribution < -0.4 is 5.73 Å². The average Bonchev–Trinajstić information content (AvgIpc) is 2.74. The number of nitrogens with zero attached hydrogens (tertiary/aromatic N) is 2. The summed E-state index contributed by atoms with van der Waals surface area (Å²) in [5.41, 5.74) is 5.62. The molecule has 0 saturated carbocycles. The van der Waals surface area contributed by atoms with Crippen molar-refractivity contribution >= 4 is 34.8 Å². The van der Waals surface area contributed by atoms with Crippen LogP contribution in [0.25, 0.3) is 0 Å². The fourth-order valence-electron chi connectivity index (χ4n) is 2.49. The molecule has 0 amide bonds. The number of esters is 1. The van der Waals surface area contributed by atoms with Crippen LogP contribution in [-0.2, 0) is 16.1 Å². The summed E-state index contributed by atoms with van der Waals surface area (Å²) in [5, 5.41) is 0.613. The van der Waals surface area contributed by atoms with E-state index >= 15 is 0 Å². The van der Waals surface area contributed by atoms with Gasteiger partial charge in [-0.2, -0.15) is 0 Å². The van der Waals surface area contributed by atoms with Crippen LogP contribution in [0.4, 0.5) is 5.13 Å². The Hall–Kier alpha value is -0.850. The molecular formula is C12H20ClN3O2S.